The SMILES string of the molecule is CCOc1ccc(/C=C/c2nc(C3(N)CCCC3)no2)cc1OCC.Cl. The van der Waals surface area contributed by atoms with Gasteiger partial charge in [-0.2, -0.15) is 4.98 Å². The van der Waals surface area contributed by atoms with Gasteiger partial charge in [-0.05, 0) is 50.5 Å². The highest BCUT2D eigenvalue weighted by Crippen LogP contribution is 2.34. The Hall–Kier alpha value is -2.05. The lowest BCUT2D eigenvalue weighted by atomic mass is 9.99. The van der Waals surface area contributed by atoms with Gasteiger partial charge in [-0.25, -0.2) is 0 Å². The molecule has 1 aliphatic carbocycles. The van der Waals surface area contributed by atoms with Crippen molar-refractivity contribution < 1.29 is 14.0 Å². The Balaban J connectivity index is 0.00000243. The second-order valence-electron chi connectivity index (χ2n) is 6.22. The molecule has 0 amide bonds. The van der Waals surface area contributed by atoms with Crippen LogP contribution in [0.2, 0.25) is 0 Å². The van der Waals surface area contributed by atoms with Crippen molar-refractivity contribution in [2.24, 2.45) is 5.73 Å². The number of ether oxygens (including phenoxy) is 2. The number of nitrogens with two attached hydrogens (primary N) is 1. The lowest BCUT2D eigenvalue weighted by Gasteiger charge is -2.17. The lowest BCUT2D eigenvalue weighted by Crippen LogP contribution is -2.34. The molecule has 0 radical (unpaired) electrons. The highest BCUT2D eigenvalue weighted by atomic mass is 35.5. The smallest absolute Gasteiger partial charge is 0.250 e. The Kier molecular flexibility index (Phi) is 7.06. The average Bonchev–Trinajstić information content (AvgIpc) is 3.25. The van der Waals surface area contributed by atoms with E-state index < -0.39 is 5.54 Å². The summed E-state index contributed by atoms with van der Waals surface area (Å²) >= 11 is 0. The van der Waals surface area contributed by atoms with Gasteiger partial charge in [-0.3, -0.25) is 0 Å². The van der Waals surface area contributed by atoms with Crippen LogP contribution < -0.4 is 15.2 Å². The van der Waals surface area contributed by atoms with Gasteiger partial charge in [0.1, 0.15) is 0 Å². The number of aromatic nitrogens is 2. The van der Waals surface area contributed by atoms with Gasteiger partial charge in [-0.15, -0.1) is 12.4 Å². The largest absolute Gasteiger partial charge is 0.490 e. The lowest BCUT2D eigenvalue weighted by molar-refractivity contribution is 0.287. The van der Waals surface area contributed by atoms with Crippen LogP contribution in [-0.4, -0.2) is 23.4 Å². The fourth-order valence-electron chi connectivity index (χ4n) is 3.07. The summed E-state index contributed by atoms with van der Waals surface area (Å²) in [6.07, 6.45) is 7.75. The quantitative estimate of drug-likeness (QED) is 0.776. The number of benzene rings is 1. The second kappa shape index (κ2) is 9.05. The summed E-state index contributed by atoms with van der Waals surface area (Å²) in [5.41, 5.74) is 6.89. The van der Waals surface area contributed by atoms with Gasteiger partial charge in [0.05, 0.1) is 18.8 Å². The van der Waals surface area contributed by atoms with Gasteiger partial charge >= 0.3 is 0 Å². The first-order valence-corrected chi connectivity index (χ1v) is 8.85. The molecule has 0 saturated heterocycles. The summed E-state index contributed by atoms with van der Waals surface area (Å²) in [5.74, 6) is 2.53. The number of nitrogens with zero attached hydrogens (tertiary/aromatic N) is 2. The summed E-state index contributed by atoms with van der Waals surface area (Å²) in [7, 11) is 0. The molecular weight excluding hydrogens is 354 g/mol. The van der Waals surface area contributed by atoms with E-state index in [1.807, 2.05) is 38.1 Å². The van der Waals surface area contributed by atoms with E-state index in [9.17, 15) is 0 Å². The highest BCUT2D eigenvalue weighted by Gasteiger charge is 2.35. The summed E-state index contributed by atoms with van der Waals surface area (Å²) in [5, 5.41) is 4.06. The minimum Gasteiger partial charge on any atom is -0.490 e. The van der Waals surface area contributed by atoms with Crippen molar-refractivity contribution >= 4 is 24.6 Å². The van der Waals surface area contributed by atoms with Gasteiger partial charge in [-0.1, -0.05) is 24.1 Å². The van der Waals surface area contributed by atoms with E-state index in [0.717, 1.165) is 42.7 Å². The Morgan fingerprint density at radius 1 is 1.12 bits per heavy atom. The van der Waals surface area contributed by atoms with Crippen molar-refractivity contribution in [1.29, 1.82) is 0 Å². The summed E-state index contributed by atoms with van der Waals surface area (Å²) < 4.78 is 16.5. The van der Waals surface area contributed by atoms with Crippen molar-refractivity contribution in [3.05, 3.63) is 35.5 Å². The molecule has 0 bridgehead atoms. The van der Waals surface area contributed by atoms with Crippen LogP contribution in [0.5, 0.6) is 11.5 Å². The molecule has 1 aliphatic rings. The summed E-state index contributed by atoms with van der Waals surface area (Å²) in [6.45, 7) is 5.08. The van der Waals surface area contributed by atoms with Crippen molar-refractivity contribution in [1.82, 2.24) is 10.1 Å². The number of halogens is 1. The van der Waals surface area contributed by atoms with Crippen LogP contribution in [0.1, 0.15) is 56.8 Å². The fourth-order valence-corrected chi connectivity index (χ4v) is 3.07. The molecule has 142 valence electrons. The standard InChI is InChI=1S/C19H25N3O3.ClH/c1-3-23-15-9-7-14(13-16(15)24-4-2)8-10-17-21-18(22-25-17)19(20)11-5-6-12-19;/h7-10,13H,3-6,11-12,20H2,1-2H3;1H/b10-8+;. The van der Waals surface area contributed by atoms with Crippen LogP contribution in [0.4, 0.5) is 0 Å². The van der Waals surface area contributed by atoms with E-state index in [4.69, 9.17) is 19.7 Å². The van der Waals surface area contributed by atoms with Crippen LogP contribution >= 0.6 is 12.4 Å². The number of hydrogen-bond acceptors (Lipinski definition) is 6. The monoisotopic (exact) mass is 379 g/mol. The van der Waals surface area contributed by atoms with E-state index in [1.165, 1.54) is 0 Å². The third-order valence-corrected chi connectivity index (χ3v) is 4.37. The first kappa shape index (κ1) is 20.3. The van der Waals surface area contributed by atoms with Crippen LogP contribution in [0.15, 0.2) is 22.7 Å². The molecule has 0 spiro atoms. The highest BCUT2D eigenvalue weighted by molar-refractivity contribution is 5.85. The molecule has 7 heteroatoms. The van der Waals surface area contributed by atoms with E-state index >= 15 is 0 Å². The van der Waals surface area contributed by atoms with Gasteiger partial charge in [0.2, 0.25) is 0 Å². The molecule has 26 heavy (non-hydrogen) atoms. The molecule has 1 saturated carbocycles. The van der Waals surface area contributed by atoms with Gasteiger partial charge in [0.25, 0.3) is 5.89 Å². The Morgan fingerprint density at radius 3 is 2.50 bits per heavy atom. The topological polar surface area (TPSA) is 83.4 Å². The zero-order valence-corrected chi connectivity index (χ0v) is 16.1. The zero-order valence-electron chi connectivity index (χ0n) is 15.2. The molecule has 0 atom stereocenters. The maximum Gasteiger partial charge on any atom is 0.250 e. The number of rotatable bonds is 7. The molecule has 6 nitrogen and oxygen atoms in total. The van der Waals surface area contributed by atoms with E-state index in [0.29, 0.717) is 24.9 Å². The van der Waals surface area contributed by atoms with E-state index in [1.54, 1.807) is 6.08 Å². The summed E-state index contributed by atoms with van der Waals surface area (Å²) in [6, 6.07) is 5.80. The molecule has 1 heterocycles. The average molecular weight is 380 g/mol. The molecule has 2 N–H and O–H groups in total. The van der Waals surface area contributed by atoms with Crippen LogP contribution in [-0.2, 0) is 5.54 Å². The van der Waals surface area contributed by atoms with Crippen molar-refractivity contribution in [3.63, 3.8) is 0 Å². The van der Waals surface area contributed by atoms with Gasteiger partial charge in [0.15, 0.2) is 17.3 Å². The predicted molar refractivity (Wildman–Crippen MR) is 104 cm³/mol. The van der Waals surface area contributed by atoms with Crippen LogP contribution in [0, 0.1) is 0 Å². The van der Waals surface area contributed by atoms with Crippen LogP contribution in [0.25, 0.3) is 12.2 Å². The number of hydrogen-bond donors (Lipinski definition) is 1. The predicted octanol–water partition coefficient (Wildman–Crippen LogP) is 4.19. The molecule has 0 aliphatic heterocycles. The molecule has 2 aromatic rings. The maximum atomic E-state index is 6.36. The maximum absolute atomic E-state index is 6.36. The van der Waals surface area contributed by atoms with E-state index in [-0.39, 0.29) is 12.4 Å². The Labute approximate surface area is 160 Å². The molecule has 3 rings (SSSR count). The Morgan fingerprint density at radius 2 is 1.81 bits per heavy atom. The zero-order chi connectivity index (χ0) is 17.7. The fraction of sp³-hybridized carbons (Fsp3) is 0.474. The van der Waals surface area contributed by atoms with Crippen LogP contribution in [0.3, 0.4) is 0 Å². The summed E-state index contributed by atoms with van der Waals surface area (Å²) in [4.78, 5) is 4.44. The van der Waals surface area contributed by atoms with Crippen molar-refractivity contribution in [2.75, 3.05) is 13.2 Å². The minimum atomic E-state index is -0.434. The molecular formula is C19H26ClN3O3. The normalized spacial score (nSPS) is 15.8. The third kappa shape index (κ3) is 4.56. The Bertz CT molecular complexity index is 739. The minimum absolute atomic E-state index is 0. The first-order chi connectivity index (χ1) is 12.1. The molecule has 1 aromatic carbocycles. The van der Waals surface area contributed by atoms with Gasteiger partial charge in [0, 0.05) is 6.08 Å². The van der Waals surface area contributed by atoms with Crippen molar-refractivity contribution in [2.45, 2.75) is 45.1 Å². The van der Waals surface area contributed by atoms with E-state index in [2.05, 4.69) is 10.1 Å². The second-order valence-corrected chi connectivity index (χ2v) is 6.22. The van der Waals surface area contributed by atoms with Crippen molar-refractivity contribution in [3.8, 4) is 11.5 Å². The van der Waals surface area contributed by atoms with Gasteiger partial charge < -0.3 is 19.7 Å². The molecule has 1 fully saturated rings. The molecule has 0 unspecified atom stereocenters. The third-order valence-electron chi connectivity index (χ3n) is 4.37. The first-order valence-electron chi connectivity index (χ1n) is 8.85. The molecule has 1 aromatic heterocycles.